The molecule has 0 fully saturated rings. The van der Waals surface area contributed by atoms with E-state index in [0.717, 1.165) is 0 Å². The third-order valence-electron chi connectivity index (χ3n) is 2.22. The Morgan fingerprint density at radius 3 is 2.10 bits per heavy atom. The van der Waals surface area contributed by atoms with E-state index >= 15 is 0 Å². The van der Waals surface area contributed by atoms with Crippen LogP contribution in [0.15, 0.2) is 11.8 Å². The Hall–Kier alpha value is 0.247. The molecule has 0 unspecified atom stereocenters. The van der Waals surface area contributed by atoms with Crippen LogP contribution < -0.4 is 0 Å². The van der Waals surface area contributed by atoms with E-state index in [4.69, 9.17) is 11.6 Å². The van der Waals surface area contributed by atoms with Gasteiger partial charge in [-0.1, -0.05) is 44.3 Å². The molecular weight excluding hydrogens is 160 g/mol. The van der Waals surface area contributed by atoms with E-state index in [2.05, 4.69) is 32.2 Å². The third-order valence-corrected chi connectivity index (χ3v) is 6.67. The lowest BCUT2D eigenvalue weighted by atomic mass is 10.8. The largest absolute Gasteiger partial charge is 0.122 e. The lowest BCUT2D eigenvalue weighted by Gasteiger charge is -2.18. The van der Waals surface area contributed by atoms with Crippen LogP contribution in [0.4, 0.5) is 0 Å². The predicted molar refractivity (Wildman–Crippen MR) is 52.4 cm³/mol. The molecule has 10 heavy (non-hydrogen) atoms. The van der Waals surface area contributed by atoms with Crippen molar-refractivity contribution in [2.45, 2.75) is 32.5 Å². The van der Waals surface area contributed by atoms with Gasteiger partial charge >= 0.3 is 0 Å². The van der Waals surface area contributed by atoms with Crippen molar-refractivity contribution < 1.29 is 0 Å². The molecule has 0 aliphatic rings. The molecule has 2 heteroatoms. The van der Waals surface area contributed by atoms with Crippen LogP contribution in [0.3, 0.4) is 0 Å². The van der Waals surface area contributed by atoms with E-state index in [1.807, 2.05) is 0 Å². The quantitative estimate of drug-likeness (QED) is 0.455. The van der Waals surface area contributed by atoms with Gasteiger partial charge in [0.2, 0.25) is 0 Å². The molecule has 0 aromatic heterocycles. The highest BCUT2D eigenvalue weighted by Crippen LogP contribution is 2.15. The molecule has 0 aromatic carbocycles. The van der Waals surface area contributed by atoms with Crippen molar-refractivity contribution in [3.8, 4) is 0 Å². The van der Waals surface area contributed by atoms with Gasteiger partial charge in [0.1, 0.15) is 0 Å². The second kappa shape index (κ2) is 4.97. The van der Waals surface area contributed by atoms with Gasteiger partial charge in [0.15, 0.2) is 0 Å². The Balaban J connectivity index is 3.92. The van der Waals surface area contributed by atoms with Crippen molar-refractivity contribution >= 4 is 19.7 Å². The van der Waals surface area contributed by atoms with Gasteiger partial charge in [-0.2, -0.15) is 0 Å². The molecule has 0 heterocycles. The normalized spacial score (nSPS) is 12.8. The summed E-state index contributed by atoms with van der Waals surface area (Å²) in [5.41, 5.74) is 2.36. The van der Waals surface area contributed by atoms with E-state index in [1.165, 1.54) is 12.1 Å². The average molecular weight is 177 g/mol. The summed E-state index contributed by atoms with van der Waals surface area (Å²) in [4.78, 5) is 0. The summed E-state index contributed by atoms with van der Waals surface area (Å²) in [6, 6.07) is 2.66. The first-order valence-electron chi connectivity index (χ1n) is 3.92. The van der Waals surface area contributed by atoms with Gasteiger partial charge in [-0.05, 0) is 0 Å². The van der Waals surface area contributed by atoms with Crippen LogP contribution in [-0.2, 0) is 0 Å². The van der Waals surface area contributed by atoms with Gasteiger partial charge in [0.25, 0.3) is 0 Å². The Bertz CT molecular complexity index is 106. The van der Waals surface area contributed by atoms with E-state index in [1.54, 1.807) is 0 Å². The second-order valence-corrected chi connectivity index (χ2v) is 8.28. The van der Waals surface area contributed by atoms with E-state index < -0.39 is 8.07 Å². The molecular formula is C8H17ClSi. The summed E-state index contributed by atoms with van der Waals surface area (Å²) in [7, 11) is -0.983. The van der Waals surface area contributed by atoms with Crippen molar-refractivity contribution in [1.29, 1.82) is 0 Å². The SMILES string of the molecule is CC[Si](C)(/C=C/CCl)CC. The summed E-state index contributed by atoms with van der Waals surface area (Å²) in [5.74, 6) is 0.669. The summed E-state index contributed by atoms with van der Waals surface area (Å²) in [5, 5.41) is 0. The van der Waals surface area contributed by atoms with Crippen molar-refractivity contribution in [3.63, 3.8) is 0 Å². The van der Waals surface area contributed by atoms with E-state index in [-0.39, 0.29) is 0 Å². The zero-order valence-electron chi connectivity index (χ0n) is 7.15. The second-order valence-electron chi connectivity index (χ2n) is 2.92. The number of hydrogen-bond donors (Lipinski definition) is 0. The van der Waals surface area contributed by atoms with Crippen LogP contribution in [0.1, 0.15) is 13.8 Å². The van der Waals surface area contributed by atoms with Crippen LogP contribution in [-0.4, -0.2) is 14.0 Å². The first kappa shape index (κ1) is 10.2. The number of rotatable bonds is 4. The highest BCUT2D eigenvalue weighted by molar-refractivity contribution is 6.83. The number of alkyl halides is 1. The standard InChI is InChI=1S/C8H17ClSi/c1-4-10(3,5-2)8-6-7-9/h6,8H,4-5,7H2,1-3H3/b8-6+. The molecule has 0 saturated heterocycles. The summed E-state index contributed by atoms with van der Waals surface area (Å²) in [6.45, 7) is 6.94. The average Bonchev–Trinajstić information content (AvgIpc) is 2.00. The number of hydrogen-bond acceptors (Lipinski definition) is 0. The monoisotopic (exact) mass is 176 g/mol. The van der Waals surface area contributed by atoms with Gasteiger partial charge in [0.05, 0.1) is 8.07 Å². The zero-order valence-corrected chi connectivity index (χ0v) is 8.91. The van der Waals surface area contributed by atoms with Gasteiger partial charge < -0.3 is 0 Å². The maximum absolute atomic E-state index is 5.56. The molecule has 0 saturated carbocycles. The molecule has 0 aromatic rings. The van der Waals surface area contributed by atoms with Crippen molar-refractivity contribution in [2.24, 2.45) is 0 Å². The van der Waals surface area contributed by atoms with Gasteiger partial charge in [0, 0.05) is 5.88 Å². The molecule has 0 rings (SSSR count). The molecule has 0 radical (unpaired) electrons. The highest BCUT2D eigenvalue weighted by Gasteiger charge is 2.17. The van der Waals surface area contributed by atoms with Gasteiger partial charge in [-0.25, -0.2) is 0 Å². The Labute approximate surface area is 70.3 Å². The van der Waals surface area contributed by atoms with Crippen LogP contribution in [0, 0.1) is 0 Å². The molecule has 0 spiro atoms. The van der Waals surface area contributed by atoms with Crippen molar-refractivity contribution in [3.05, 3.63) is 11.8 Å². The molecule has 60 valence electrons. The van der Waals surface area contributed by atoms with Crippen LogP contribution in [0.5, 0.6) is 0 Å². The Morgan fingerprint density at radius 1 is 1.30 bits per heavy atom. The smallest absolute Gasteiger partial charge is 0.0738 e. The van der Waals surface area contributed by atoms with Crippen LogP contribution in [0.2, 0.25) is 18.6 Å². The molecule has 0 nitrogen and oxygen atoms in total. The summed E-state index contributed by atoms with van der Waals surface area (Å²) >= 11 is 5.56. The fourth-order valence-corrected chi connectivity index (χ4v) is 2.71. The van der Waals surface area contributed by atoms with Crippen LogP contribution in [0.25, 0.3) is 0 Å². The minimum absolute atomic E-state index is 0.669. The molecule has 0 bridgehead atoms. The molecule has 0 atom stereocenters. The highest BCUT2D eigenvalue weighted by atomic mass is 35.5. The third kappa shape index (κ3) is 3.42. The van der Waals surface area contributed by atoms with Crippen molar-refractivity contribution in [2.75, 3.05) is 5.88 Å². The first-order chi connectivity index (χ1) is 4.68. The molecule has 0 N–H and O–H groups in total. The first-order valence-corrected chi connectivity index (χ1v) is 7.44. The van der Waals surface area contributed by atoms with Gasteiger partial charge in [-0.15, -0.1) is 11.6 Å². The minimum Gasteiger partial charge on any atom is -0.122 e. The summed E-state index contributed by atoms with van der Waals surface area (Å²) in [6.07, 6.45) is 2.10. The van der Waals surface area contributed by atoms with E-state index in [9.17, 15) is 0 Å². The number of halogens is 1. The minimum atomic E-state index is -0.983. The fraction of sp³-hybridized carbons (Fsp3) is 0.750. The maximum atomic E-state index is 5.56. The predicted octanol–water partition coefficient (Wildman–Crippen LogP) is 3.44. The topological polar surface area (TPSA) is 0 Å². The summed E-state index contributed by atoms with van der Waals surface area (Å²) < 4.78 is 0. The Morgan fingerprint density at radius 2 is 1.80 bits per heavy atom. The molecule has 0 aliphatic heterocycles. The van der Waals surface area contributed by atoms with Crippen LogP contribution >= 0.6 is 11.6 Å². The lowest BCUT2D eigenvalue weighted by molar-refractivity contribution is 1.27. The lowest BCUT2D eigenvalue weighted by Crippen LogP contribution is -2.24. The van der Waals surface area contributed by atoms with Gasteiger partial charge in [-0.3, -0.25) is 0 Å². The maximum Gasteiger partial charge on any atom is 0.0738 e. The zero-order chi connectivity index (χ0) is 8.04. The van der Waals surface area contributed by atoms with E-state index in [0.29, 0.717) is 5.88 Å². The number of allylic oxidation sites excluding steroid dienone is 1. The Kier molecular flexibility index (Phi) is 5.09. The fourth-order valence-electron chi connectivity index (χ4n) is 0.815. The molecule has 0 aliphatic carbocycles. The van der Waals surface area contributed by atoms with Crippen molar-refractivity contribution in [1.82, 2.24) is 0 Å². The molecule has 0 amide bonds.